The van der Waals surface area contributed by atoms with E-state index in [1.807, 2.05) is 30.3 Å². The molecule has 2 aromatic carbocycles. The number of benzene rings is 2. The highest BCUT2D eigenvalue weighted by molar-refractivity contribution is 5.28. The van der Waals surface area contributed by atoms with E-state index in [0.29, 0.717) is 6.04 Å². The number of nitrogens with zero attached hydrogens (tertiary/aromatic N) is 2. The third-order valence-corrected chi connectivity index (χ3v) is 5.54. The van der Waals surface area contributed by atoms with E-state index in [2.05, 4.69) is 34.1 Å². The molecule has 2 aliphatic heterocycles. The lowest BCUT2D eigenvalue weighted by Crippen LogP contribution is -2.53. The number of hydrogen-bond acceptors (Lipinski definition) is 3. The Morgan fingerprint density at radius 1 is 0.958 bits per heavy atom. The summed E-state index contributed by atoms with van der Waals surface area (Å²) in [6, 6.07) is 19.5. The van der Waals surface area contributed by atoms with Crippen LogP contribution in [0.2, 0.25) is 0 Å². The first-order chi connectivity index (χ1) is 11.8. The first kappa shape index (κ1) is 15.8. The molecule has 0 bridgehead atoms. The molecule has 0 radical (unpaired) electrons. The molecule has 0 amide bonds. The standard InChI is InChI=1S/C21H26N2O/c24-21(18-7-2-1-3-8-18)16-22-12-13-23-14-19-9-5-4-6-17(19)10-11-20(23)15-22/h1-9,20-21,24H,10-16H2. The van der Waals surface area contributed by atoms with Gasteiger partial charge in [0.1, 0.15) is 0 Å². The Labute approximate surface area is 144 Å². The van der Waals surface area contributed by atoms with Gasteiger partial charge in [-0.25, -0.2) is 0 Å². The molecular weight excluding hydrogens is 296 g/mol. The van der Waals surface area contributed by atoms with Gasteiger partial charge in [-0.2, -0.15) is 0 Å². The lowest BCUT2D eigenvalue weighted by molar-refractivity contribution is 0.0350. The number of rotatable bonds is 3. The van der Waals surface area contributed by atoms with Crippen molar-refractivity contribution in [3.8, 4) is 0 Å². The van der Waals surface area contributed by atoms with Gasteiger partial charge in [-0.05, 0) is 29.5 Å². The fourth-order valence-electron chi connectivity index (χ4n) is 4.13. The van der Waals surface area contributed by atoms with Crippen molar-refractivity contribution < 1.29 is 5.11 Å². The summed E-state index contributed by atoms with van der Waals surface area (Å²) in [5.74, 6) is 0. The second kappa shape index (κ2) is 7.06. The molecular formula is C21H26N2O. The van der Waals surface area contributed by atoms with Crippen LogP contribution in [0.4, 0.5) is 0 Å². The van der Waals surface area contributed by atoms with E-state index in [4.69, 9.17) is 0 Å². The van der Waals surface area contributed by atoms with Gasteiger partial charge in [0.2, 0.25) is 0 Å². The summed E-state index contributed by atoms with van der Waals surface area (Å²) in [4.78, 5) is 5.08. The van der Waals surface area contributed by atoms with Crippen LogP contribution in [0.25, 0.3) is 0 Å². The van der Waals surface area contributed by atoms with Crippen LogP contribution in [0, 0.1) is 0 Å². The Morgan fingerprint density at radius 3 is 2.54 bits per heavy atom. The van der Waals surface area contributed by atoms with Gasteiger partial charge in [-0.15, -0.1) is 0 Å². The fourth-order valence-corrected chi connectivity index (χ4v) is 4.13. The van der Waals surface area contributed by atoms with Gasteiger partial charge in [0.15, 0.2) is 0 Å². The number of aryl methyl sites for hydroxylation is 1. The lowest BCUT2D eigenvalue weighted by atomic mass is 10.0. The molecule has 0 spiro atoms. The van der Waals surface area contributed by atoms with Crippen LogP contribution in [0.3, 0.4) is 0 Å². The zero-order chi connectivity index (χ0) is 16.4. The van der Waals surface area contributed by atoms with E-state index in [1.165, 1.54) is 24.0 Å². The van der Waals surface area contributed by atoms with Crippen molar-refractivity contribution in [2.24, 2.45) is 0 Å². The summed E-state index contributed by atoms with van der Waals surface area (Å²) >= 11 is 0. The average molecular weight is 322 g/mol. The maximum atomic E-state index is 10.5. The summed E-state index contributed by atoms with van der Waals surface area (Å²) < 4.78 is 0. The summed E-state index contributed by atoms with van der Waals surface area (Å²) in [6.45, 7) is 5.03. The van der Waals surface area contributed by atoms with Gasteiger partial charge in [-0.1, -0.05) is 54.6 Å². The van der Waals surface area contributed by atoms with Crippen LogP contribution in [-0.2, 0) is 13.0 Å². The maximum absolute atomic E-state index is 10.5. The SMILES string of the molecule is OC(CN1CCN2Cc3ccccc3CCC2C1)c1ccccc1. The van der Waals surface area contributed by atoms with Gasteiger partial charge in [0.25, 0.3) is 0 Å². The van der Waals surface area contributed by atoms with Crippen LogP contribution < -0.4 is 0 Å². The Bertz CT molecular complexity index is 673. The zero-order valence-corrected chi connectivity index (χ0v) is 14.1. The molecule has 4 rings (SSSR count). The molecule has 1 fully saturated rings. The number of β-amino-alcohol motifs (C(OH)–C–C–N with tert-alkyl or cyclic N) is 1. The maximum Gasteiger partial charge on any atom is 0.0916 e. The predicted molar refractivity (Wildman–Crippen MR) is 96.8 cm³/mol. The molecule has 2 heterocycles. The first-order valence-electron chi connectivity index (χ1n) is 9.06. The van der Waals surface area contributed by atoms with E-state index in [1.54, 1.807) is 0 Å². The molecule has 0 saturated carbocycles. The number of fused-ring (bicyclic) bond motifs is 2. The minimum absolute atomic E-state index is 0.388. The molecule has 2 aliphatic rings. The molecule has 2 aromatic rings. The normalized spacial score (nSPS) is 23.1. The van der Waals surface area contributed by atoms with Crippen LogP contribution in [0.15, 0.2) is 54.6 Å². The molecule has 0 aromatic heterocycles. The minimum atomic E-state index is -0.388. The third kappa shape index (κ3) is 3.39. The van der Waals surface area contributed by atoms with E-state index >= 15 is 0 Å². The van der Waals surface area contributed by atoms with Crippen molar-refractivity contribution in [3.63, 3.8) is 0 Å². The van der Waals surface area contributed by atoms with Crippen LogP contribution in [0.5, 0.6) is 0 Å². The van der Waals surface area contributed by atoms with Gasteiger partial charge >= 0.3 is 0 Å². The monoisotopic (exact) mass is 322 g/mol. The highest BCUT2D eigenvalue weighted by atomic mass is 16.3. The highest BCUT2D eigenvalue weighted by Crippen LogP contribution is 2.26. The topological polar surface area (TPSA) is 26.7 Å². The highest BCUT2D eigenvalue weighted by Gasteiger charge is 2.30. The summed E-state index contributed by atoms with van der Waals surface area (Å²) in [5.41, 5.74) is 4.04. The third-order valence-electron chi connectivity index (χ3n) is 5.54. The Balaban J connectivity index is 1.40. The van der Waals surface area contributed by atoms with Crippen molar-refractivity contribution >= 4 is 0 Å². The first-order valence-corrected chi connectivity index (χ1v) is 9.06. The average Bonchev–Trinajstić information content (AvgIpc) is 2.81. The van der Waals surface area contributed by atoms with Gasteiger partial charge in [0.05, 0.1) is 6.10 Å². The van der Waals surface area contributed by atoms with Gasteiger partial charge in [0, 0.05) is 38.8 Å². The van der Waals surface area contributed by atoms with E-state index < -0.39 is 0 Å². The smallest absolute Gasteiger partial charge is 0.0916 e. The van der Waals surface area contributed by atoms with E-state index in [-0.39, 0.29) is 6.10 Å². The second-order valence-corrected chi connectivity index (χ2v) is 7.12. The molecule has 0 aliphatic carbocycles. The van der Waals surface area contributed by atoms with Crippen molar-refractivity contribution in [2.45, 2.75) is 31.5 Å². The molecule has 1 N–H and O–H groups in total. The molecule has 2 unspecified atom stereocenters. The molecule has 3 nitrogen and oxygen atoms in total. The van der Waals surface area contributed by atoms with Crippen LogP contribution in [-0.4, -0.2) is 47.1 Å². The fraction of sp³-hybridized carbons (Fsp3) is 0.429. The van der Waals surface area contributed by atoms with Crippen molar-refractivity contribution in [3.05, 3.63) is 71.3 Å². The minimum Gasteiger partial charge on any atom is -0.387 e. The molecule has 126 valence electrons. The summed E-state index contributed by atoms with van der Waals surface area (Å²) in [7, 11) is 0. The lowest BCUT2D eigenvalue weighted by Gasteiger charge is -2.41. The quantitative estimate of drug-likeness (QED) is 0.941. The van der Waals surface area contributed by atoms with Crippen molar-refractivity contribution in [1.29, 1.82) is 0 Å². The second-order valence-electron chi connectivity index (χ2n) is 7.12. The summed E-state index contributed by atoms with van der Waals surface area (Å²) in [5, 5.41) is 10.5. The Kier molecular flexibility index (Phi) is 4.65. The van der Waals surface area contributed by atoms with E-state index in [9.17, 15) is 5.11 Å². The number of aliphatic hydroxyl groups is 1. The summed E-state index contributed by atoms with van der Waals surface area (Å²) in [6.07, 6.45) is 2.00. The van der Waals surface area contributed by atoms with Crippen molar-refractivity contribution in [1.82, 2.24) is 9.80 Å². The number of hydrogen-bond donors (Lipinski definition) is 1. The van der Waals surface area contributed by atoms with Crippen LogP contribution >= 0.6 is 0 Å². The molecule has 1 saturated heterocycles. The number of aliphatic hydroxyl groups excluding tert-OH is 1. The Hall–Kier alpha value is -1.68. The van der Waals surface area contributed by atoms with Gasteiger partial charge < -0.3 is 5.11 Å². The van der Waals surface area contributed by atoms with Crippen LogP contribution in [0.1, 0.15) is 29.2 Å². The molecule has 3 heteroatoms. The predicted octanol–water partition coefficient (Wildman–Crippen LogP) is 2.85. The largest absolute Gasteiger partial charge is 0.387 e. The van der Waals surface area contributed by atoms with Crippen molar-refractivity contribution in [2.75, 3.05) is 26.2 Å². The van der Waals surface area contributed by atoms with Gasteiger partial charge in [-0.3, -0.25) is 9.80 Å². The zero-order valence-electron chi connectivity index (χ0n) is 14.1. The molecule has 2 atom stereocenters. The molecule has 24 heavy (non-hydrogen) atoms. The number of piperazine rings is 1. The van der Waals surface area contributed by atoms with E-state index in [0.717, 1.165) is 38.3 Å². The Morgan fingerprint density at radius 2 is 1.71 bits per heavy atom.